The molecule has 2 aliphatic heterocycles. The Morgan fingerprint density at radius 1 is 0.914 bits per heavy atom. The molecular formula is C24H42N4O7. The number of rotatable bonds is 9. The first-order chi connectivity index (χ1) is 16.1. The van der Waals surface area contributed by atoms with Gasteiger partial charge in [-0.05, 0) is 39.5 Å². The van der Waals surface area contributed by atoms with Crippen molar-refractivity contribution in [2.45, 2.75) is 104 Å². The maximum atomic E-state index is 13.6. The summed E-state index contributed by atoms with van der Waals surface area (Å²) in [5, 5.41) is 12.4. The molecule has 2 aliphatic rings. The molecule has 200 valence electrons. The molecule has 3 amide bonds. The lowest BCUT2D eigenvalue weighted by molar-refractivity contribution is -0.159. The number of carboxylic acid groups (broad SMARTS) is 1. The smallest absolute Gasteiger partial charge is 0.328 e. The summed E-state index contributed by atoms with van der Waals surface area (Å²) in [5.41, 5.74) is 3.99. The van der Waals surface area contributed by atoms with Crippen molar-refractivity contribution in [2.75, 3.05) is 13.2 Å². The number of nitrogens with zero attached hydrogens (tertiary/aromatic N) is 2. The molecule has 0 aromatic carbocycles. The van der Waals surface area contributed by atoms with E-state index in [2.05, 4.69) is 5.32 Å². The van der Waals surface area contributed by atoms with Crippen LogP contribution in [0.3, 0.4) is 0 Å². The zero-order valence-electron chi connectivity index (χ0n) is 22.2. The van der Waals surface area contributed by atoms with Crippen molar-refractivity contribution in [3.05, 3.63) is 0 Å². The molecule has 0 aromatic heterocycles. The van der Waals surface area contributed by atoms with Crippen LogP contribution < -0.4 is 11.1 Å². The average Bonchev–Trinajstić information content (AvgIpc) is 3.29. The zero-order valence-corrected chi connectivity index (χ0v) is 22.2. The maximum Gasteiger partial charge on any atom is 0.328 e. The van der Waals surface area contributed by atoms with E-state index in [4.69, 9.17) is 15.2 Å². The Morgan fingerprint density at radius 2 is 1.37 bits per heavy atom. The molecule has 0 saturated carbocycles. The second-order valence-corrected chi connectivity index (χ2v) is 10.6. The summed E-state index contributed by atoms with van der Waals surface area (Å²) in [6, 6.07) is -3.97. The normalized spacial score (nSPS) is 26.7. The number of nitrogens with one attached hydrogen (secondary N) is 1. The zero-order chi connectivity index (χ0) is 26.9. The predicted octanol–water partition coefficient (Wildman–Crippen LogP) is 0.902. The SMILES string of the molecule is CC[C@H](C)[C@H](N)C(=O)N1[C@H](C(=O)N[C@H](C(=O)N2[C@H](C(=O)O)COC2(C)C)[C@@H](C)CC)COC1(C)C. The third kappa shape index (κ3) is 5.78. The number of carbonyl (C=O) groups excluding carboxylic acids is 3. The van der Waals surface area contributed by atoms with Gasteiger partial charge in [0.2, 0.25) is 17.7 Å². The van der Waals surface area contributed by atoms with Crippen molar-refractivity contribution >= 4 is 23.7 Å². The van der Waals surface area contributed by atoms with Crippen LogP contribution in [0, 0.1) is 11.8 Å². The van der Waals surface area contributed by atoms with Gasteiger partial charge in [-0.3, -0.25) is 24.2 Å². The van der Waals surface area contributed by atoms with E-state index >= 15 is 0 Å². The van der Waals surface area contributed by atoms with E-state index < -0.39 is 59.3 Å². The average molecular weight is 499 g/mol. The number of aliphatic carboxylic acids is 1. The third-order valence-electron chi connectivity index (χ3n) is 7.35. The first-order valence-corrected chi connectivity index (χ1v) is 12.3. The molecule has 11 heteroatoms. The minimum absolute atomic E-state index is 0.0463. The highest BCUT2D eigenvalue weighted by molar-refractivity contribution is 5.95. The van der Waals surface area contributed by atoms with E-state index in [0.717, 1.165) is 0 Å². The van der Waals surface area contributed by atoms with Gasteiger partial charge in [-0.2, -0.15) is 0 Å². The fourth-order valence-corrected chi connectivity index (χ4v) is 4.56. The van der Waals surface area contributed by atoms with Crippen LogP contribution >= 0.6 is 0 Å². The molecule has 4 N–H and O–H groups in total. The largest absolute Gasteiger partial charge is 0.480 e. The van der Waals surface area contributed by atoms with Crippen LogP contribution in [-0.2, 0) is 28.7 Å². The molecule has 2 fully saturated rings. The second kappa shape index (κ2) is 10.8. The molecule has 0 aliphatic carbocycles. The molecule has 2 heterocycles. The predicted molar refractivity (Wildman–Crippen MR) is 128 cm³/mol. The molecule has 0 radical (unpaired) electrons. The van der Waals surface area contributed by atoms with E-state index in [9.17, 15) is 24.3 Å². The summed E-state index contributed by atoms with van der Waals surface area (Å²) in [6.45, 7) is 13.9. The highest BCUT2D eigenvalue weighted by Gasteiger charge is 2.52. The highest BCUT2D eigenvalue weighted by atomic mass is 16.5. The number of hydrogen-bond acceptors (Lipinski definition) is 7. The fourth-order valence-electron chi connectivity index (χ4n) is 4.56. The van der Waals surface area contributed by atoms with E-state index in [1.807, 2.05) is 20.8 Å². The van der Waals surface area contributed by atoms with Crippen molar-refractivity contribution in [1.82, 2.24) is 15.1 Å². The number of carboxylic acids is 1. The van der Waals surface area contributed by atoms with Gasteiger partial charge < -0.3 is 25.6 Å². The van der Waals surface area contributed by atoms with Gasteiger partial charge in [0.1, 0.15) is 23.5 Å². The molecule has 0 unspecified atom stereocenters. The lowest BCUT2D eigenvalue weighted by Gasteiger charge is -2.38. The lowest BCUT2D eigenvalue weighted by atomic mass is 9.95. The molecule has 0 aromatic rings. The van der Waals surface area contributed by atoms with E-state index in [1.165, 1.54) is 9.80 Å². The number of nitrogens with two attached hydrogens (primary N) is 1. The van der Waals surface area contributed by atoms with Gasteiger partial charge in [0.05, 0.1) is 19.3 Å². The minimum Gasteiger partial charge on any atom is -0.480 e. The van der Waals surface area contributed by atoms with Gasteiger partial charge in [-0.15, -0.1) is 0 Å². The Hall–Kier alpha value is -2.24. The van der Waals surface area contributed by atoms with Crippen LogP contribution in [0.2, 0.25) is 0 Å². The number of amides is 3. The quantitative estimate of drug-likeness (QED) is 0.424. The molecule has 6 atom stereocenters. The first-order valence-electron chi connectivity index (χ1n) is 12.3. The second-order valence-electron chi connectivity index (χ2n) is 10.6. The van der Waals surface area contributed by atoms with E-state index in [-0.39, 0.29) is 25.0 Å². The van der Waals surface area contributed by atoms with E-state index in [1.54, 1.807) is 34.6 Å². The van der Waals surface area contributed by atoms with E-state index in [0.29, 0.717) is 12.8 Å². The Kier molecular flexibility index (Phi) is 8.94. The summed E-state index contributed by atoms with van der Waals surface area (Å²) in [4.78, 5) is 54.8. The minimum atomic E-state index is -1.18. The first kappa shape index (κ1) is 29.0. The number of ether oxygens (including phenoxy) is 2. The molecule has 35 heavy (non-hydrogen) atoms. The molecule has 0 bridgehead atoms. The van der Waals surface area contributed by atoms with Crippen molar-refractivity contribution < 1.29 is 33.8 Å². The maximum absolute atomic E-state index is 13.6. The molecule has 2 rings (SSSR count). The summed E-state index contributed by atoms with van der Waals surface area (Å²) in [6.07, 6.45) is 1.25. The third-order valence-corrected chi connectivity index (χ3v) is 7.35. The van der Waals surface area contributed by atoms with Crippen LogP contribution in [0.1, 0.15) is 68.2 Å². The fraction of sp³-hybridized carbons (Fsp3) is 0.833. The van der Waals surface area contributed by atoms with Crippen LogP contribution in [0.5, 0.6) is 0 Å². The van der Waals surface area contributed by atoms with Crippen LogP contribution in [0.4, 0.5) is 0 Å². The summed E-state index contributed by atoms with van der Waals surface area (Å²) in [7, 11) is 0. The molecule has 11 nitrogen and oxygen atoms in total. The molecule has 0 spiro atoms. The standard InChI is InChI=1S/C24H42N4O7/c1-9-13(3)17(25)20(30)27-15(11-34-23(27,5)6)19(29)26-18(14(4)10-2)21(31)28-16(22(32)33)12-35-24(28,7)8/h13-18H,9-12,25H2,1-8H3,(H,26,29)(H,32,33)/t13-,14-,15-,16-,17-,18-/m0/s1. The van der Waals surface area contributed by atoms with Gasteiger partial charge in [0.15, 0.2) is 6.04 Å². The topological polar surface area (TPSA) is 151 Å². The van der Waals surface area contributed by atoms with Crippen molar-refractivity contribution in [2.24, 2.45) is 17.6 Å². The Morgan fingerprint density at radius 3 is 1.83 bits per heavy atom. The summed E-state index contributed by atoms with van der Waals surface area (Å²) < 4.78 is 11.4. The van der Waals surface area contributed by atoms with Crippen LogP contribution in [0.25, 0.3) is 0 Å². The monoisotopic (exact) mass is 498 g/mol. The molecular weight excluding hydrogens is 456 g/mol. The lowest BCUT2D eigenvalue weighted by Crippen LogP contribution is -2.63. The van der Waals surface area contributed by atoms with Gasteiger partial charge >= 0.3 is 5.97 Å². The summed E-state index contributed by atoms with van der Waals surface area (Å²) in [5.74, 6) is -3.08. The van der Waals surface area contributed by atoms with Crippen molar-refractivity contribution in [3.8, 4) is 0 Å². The van der Waals surface area contributed by atoms with Gasteiger partial charge in [-0.1, -0.05) is 40.5 Å². The van der Waals surface area contributed by atoms with Crippen molar-refractivity contribution in [1.29, 1.82) is 0 Å². The van der Waals surface area contributed by atoms with Gasteiger partial charge in [0, 0.05) is 0 Å². The molecule has 2 saturated heterocycles. The van der Waals surface area contributed by atoms with Crippen molar-refractivity contribution in [3.63, 3.8) is 0 Å². The van der Waals surface area contributed by atoms with Crippen LogP contribution in [-0.4, -0.2) is 87.4 Å². The Balaban J connectivity index is 2.34. The van der Waals surface area contributed by atoms with Crippen LogP contribution in [0.15, 0.2) is 0 Å². The summed E-state index contributed by atoms with van der Waals surface area (Å²) >= 11 is 0. The Bertz CT molecular complexity index is 831. The number of carbonyl (C=O) groups is 4. The van der Waals surface area contributed by atoms with Gasteiger partial charge in [0.25, 0.3) is 0 Å². The van der Waals surface area contributed by atoms with Gasteiger partial charge in [-0.25, -0.2) is 4.79 Å². The Labute approximate surface area is 207 Å². The highest BCUT2D eigenvalue weighted by Crippen LogP contribution is 2.31. The number of hydrogen-bond donors (Lipinski definition) is 3.